The summed E-state index contributed by atoms with van der Waals surface area (Å²) < 4.78 is 28.5. The molecule has 2 rings (SSSR count). The standard InChI is InChI=1S/C17H22F2N2O3/c1-20(2)16(23)14-4-3-11-21(14)15(22)10-7-12-5-8-13(9-6-12)24-17(18)19/h5-6,8-9,14,17H,3-4,7,10-11H2,1-2H3. The van der Waals surface area contributed by atoms with Gasteiger partial charge >= 0.3 is 6.61 Å². The van der Waals surface area contributed by atoms with Crippen LogP contribution in [0.5, 0.6) is 5.75 Å². The Kier molecular flexibility index (Phi) is 6.11. The first-order valence-corrected chi connectivity index (χ1v) is 7.93. The maximum Gasteiger partial charge on any atom is 0.387 e. The van der Waals surface area contributed by atoms with Crippen LogP contribution in [0.4, 0.5) is 8.78 Å². The number of hydrogen-bond donors (Lipinski definition) is 0. The normalized spacial score (nSPS) is 17.2. The van der Waals surface area contributed by atoms with Gasteiger partial charge in [0.05, 0.1) is 0 Å². The second-order valence-corrected chi connectivity index (χ2v) is 6.00. The molecule has 1 fully saturated rings. The number of halogens is 2. The molecule has 1 aliphatic heterocycles. The predicted octanol–water partition coefficient (Wildman–Crippen LogP) is 2.30. The van der Waals surface area contributed by atoms with Crippen molar-refractivity contribution in [1.29, 1.82) is 0 Å². The van der Waals surface area contributed by atoms with Crippen LogP contribution in [0.3, 0.4) is 0 Å². The van der Waals surface area contributed by atoms with Gasteiger partial charge in [0.15, 0.2) is 0 Å². The molecule has 0 bridgehead atoms. The van der Waals surface area contributed by atoms with E-state index in [1.165, 1.54) is 17.0 Å². The molecule has 1 aromatic rings. The molecule has 0 aliphatic carbocycles. The lowest BCUT2D eigenvalue weighted by Gasteiger charge is -2.26. The van der Waals surface area contributed by atoms with Crippen molar-refractivity contribution in [2.24, 2.45) is 0 Å². The Hall–Kier alpha value is -2.18. The average Bonchev–Trinajstić information content (AvgIpc) is 3.02. The lowest BCUT2D eigenvalue weighted by molar-refractivity contribution is -0.142. The first-order chi connectivity index (χ1) is 11.4. The molecule has 1 heterocycles. The van der Waals surface area contributed by atoms with Crippen LogP contribution in [0.15, 0.2) is 24.3 Å². The first-order valence-electron chi connectivity index (χ1n) is 7.93. The van der Waals surface area contributed by atoms with Gasteiger partial charge in [0.1, 0.15) is 11.8 Å². The summed E-state index contributed by atoms with van der Waals surface area (Å²) in [6.45, 7) is -2.25. The Morgan fingerprint density at radius 3 is 2.54 bits per heavy atom. The zero-order valence-corrected chi connectivity index (χ0v) is 13.9. The number of likely N-dealkylation sites (N-methyl/N-ethyl adjacent to an activating group) is 1. The number of nitrogens with zero attached hydrogens (tertiary/aromatic N) is 2. The Morgan fingerprint density at radius 2 is 1.96 bits per heavy atom. The Balaban J connectivity index is 1.89. The van der Waals surface area contributed by atoms with Crippen molar-refractivity contribution in [1.82, 2.24) is 9.80 Å². The number of likely N-dealkylation sites (tertiary alicyclic amines) is 1. The number of rotatable bonds is 6. The van der Waals surface area contributed by atoms with E-state index < -0.39 is 6.61 Å². The quantitative estimate of drug-likeness (QED) is 0.798. The van der Waals surface area contributed by atoms with E-state index in [1.54, 1.807) is 31.1 Å². The smallest absolute Gasteiger partial charge is 0.387 e. The van der Waals surface area contributed by atoms with E-state index in [9.17, 15) is 18.4 Å². The monoisotopic (exact) mass is 340 g/mol. The minimum absolute atomic E-state index is 0.0469. The van der Waals surface area contributed by atoms with Gasteiger partial charge in [0.2, 0.25) is 11.8 Å². The number of alkyl halides is 2. The van der Waals surface area contributed by atoms with Gasteiger partial charge in [-0.05, 0) is 37.0 Å². The highest BCUT2D eigenvalue weighted by molar-refractivity contribution is 5.88. The fourth-order valence-corrected chi connectivity index (χ4v) is 2.85. The topological polar surface area (TPSA) is 49.9 Å². The molecule has 1 aromatic carbocycles. The fourth-order valence-electron chi connectivity index (χ4n) is 2.85. The second kappa shape index (κ2) is 8.08. The summed E-state index contributed by atoms with van der Waals surface area (Å²) in [5.41, 5.74) is 0.861. The van der Waals surface area contributed by atoms with Crippen molar-refractivity contribution in [3.63, 3.8) is 0 Å². The van der Waals surface area contributed by atoms with Gasteiger partial charge in [-0.3, -0.25) is 9.59 Å². The molecule has 5 nitrogen and oxygen atoms in total. The summed E-state index contributed by atoms with van der Waals surface area (Å²) in [4.78, 5) is 27.7. The molecule has 0 aromatic heterocycles. The van der Waals surface area contributed by atoms with Crippen molar-refractivity contribution in [3.05, 3.63) is 29.8 Å². The van der Waals surface area contributed by atoms with Crippen molar-refractivity contribution < 1.29 is 23.1 Å². The molecular weight excluding hydrogens is 318 g/mol. The van der Waals surface area contributed by atoms with Crippen LogP contribution >= 0.6 is 0 Å². The number of benzene rings is 1. The van der Waals surface area contributed by atoms with Crippen LogP contribution in [0.25, 0.3) is 0 Å². The number of aryl methyl sites for hydroxylation is 1. The molecule has 7 heteroatoms. The third-order valence-electron chi connectivity index (χ3n) is 4.08. The largest absolute Gasteiger partial charge is 0.435 e. The van der Waals surface area contributed by atoms with Gasteiger partial charge in [-0.15, -0.1) is 0 Å². The van der Waals surface area contributed by atoms with E-state index in [0.717, 1.165) is 12.0 Å². The lowest BCUT2D eigenvalue weighted by Crippen LogP contribution is -2.45. The van der Waals surface area contributed by atoms with E-state index >= 15 is 0 Å². The van der Waals surface area contributed by atoms with Crippen molar-refractivity contribution in [2.45, 2.75) is 38.3 Å². The predicted molar refractivity (Wildman–Crippen MR) is 84.8 cm³/mol. The van der Waals surface area contributed by atoms with E-state index in [0.29, 0.717) is 19.4 Å². The van der Waals surface area contributed by atoms with Crippen molar-refractivity contribution >= 4 is 11.8 Å². The van der Waals surface area contributed by atoms with Crippen molar-refractivity contribution in [3.8, 4) is 5.75 Å². The molecule has 1 aliphatic rings. The van der Waals surface area contributed by atoms with Crippen LogP contribution in [0.1, 0.15) is 24.8 Å². The van der Waals surface area contributed by atoms with Crippen LogP contribution < -0.4 is 4.74 Å². The maximum absolute atomic E-state index is 12.4. The third-order valence-corrected chi connectivity index (χ3v) is 4.08. The summed E-state index contributed by atoms with van der Waals surface area (Å²) in [5.74, 6) is -0.00813. The minimum Gasteiger partial charge on any atom is -0.435 e. The number of hydrogen-bond acceptors (Lipinski definition) is 3. The Bertz CT molecular complexity index is 576. The summed E-state index contributed by atoms with van der Waals surface area (Å²) in [5, 5.41) is 0. The SMILES string of the molecule is CN(C)C(=O)C1CCCN1C(=O)CCc1ccc(OC(F)F)cc1. The van der Waals surface area contributed by atoms with E-state index in [1.807, 2.05) is 0 Å². The highest BCUT2D eigenvalue weighted by Gasteiger charge is 2.34. The molecule has 24 heavy (non-hydrogen) atoms. The molecule has 1 unspecified atom stereocenters. The zero-order valence-electron chi connectivity index (χ0n) is 13.9. The summed E-state index contributed by atoms with van der Waals surface area (Å²) in [6, 6.07) is 5.88. The van der Waals surface area contributed by atoms with E-state index in [2.05, 4.69) is 4.74 Å². The van der Waals surface area contributed by atoms with Crippen LogP contribution in [0.2, 0.25) is 0 Å². The number of carbonyl (C=O) groups is 2. The summed E-state index contributed by atoms with van der Waals surface area (Å²) in [6.07, 6.45) is 2.30. The molecular formula is C17H22F2N2O3. The molecule has 0 N–H and O–H groups in total. The lowest BCUT2D eigenvalue weighted by atomic mass is 10.1. The van der Waals surface area contributed by atoms with Gasteiger partial charge in [-0.2, -0.15) is 8.78 Å². The number of ether oxygens (including phenoxy) is 1. The molecule has 0 spiro atoms. The van der Waals surface area contributed by atoms with Gasteiger partial charge in [-0.1, -0.05) is 12.1 Å². The second-order valence-electron chi connectivity index (χ2n) is 6.00. The third kappa shape index (κ3) is 4.66. The minimum atomic E-state index is -2.85. The Labute approximate surface area is 140 Å². The van der Waals surface area contributed by atoms with Crippen molar-refractivity contribution in [2.75, 3.05) is 20.6 Å². The average molecular weight is 340 g/mol. The molecule has 0 radical (unpaired) electrons. The van der Waals surface area contributed by atoms with E-state index in [4.69, 9.17) is 0 Å². The summed E-state index contributed by atoms with van der Waals surface area (Å²) >= 11 is 0. The number of amides is 2. The molecule has 2 amide bonds. The van der Waals surface area contributed by atoms with Crippen LogP contribution in [0, 0.1) is 0 Å². The molecule has 1 saturated heterocycles. The fraction of sp³-hybridized carbons (Fsp3) is 0.529. The maximum atomic E-state index is 12.4. The van der Waals surface area contributed by atoms with E-state index in [-0.39, 0.29) is 30.0 Å². The molecule has 0 saturated carbocycles. The summed E-state index contributed by atoms with van der Waals surface area (Å²) in [7, 11) is 3.37. The highest BCUT2D eigenvalue weighted by Crippen LogP contribution is 2.21. The van der Waals surface area contributed by atoms with Gasteiger partial charge in [0.25, 0.3) is 0 Å². The zero-order chi connectivity index (χ0) is 17.7. The van der Waals surface area contributed by atoms with Gasteiger partial charge in [0, 0.05) is 27.1 Å². The van der Waals surface area contributed by atoms with Crippen LogP contribution in [-0.2, 0) is 16.0 Å². The molecule has 132 valence electrons. The number of carbonyl (C=O) groups excluding carboxylic acids is 2. The first kappa shape index (κ1) is 18.2. The Morgan fingerprint density at radius 1 is 1.29 bits per heavy atom. The highest BCUT2D eigenvalue weighted by atomic mass is 19.3. The van der Waals surface area contributed by atoms with Gasteiger partial charge in [-0.25, -0.2) is 0 Å². The molecule has 1 atom stereocenters. The van der Waals surface area contributed by atoms with Crippen LogP contribution in [-0.4, -0.2) is 54.9 Å². The van der Waals surface area contributed by atoms with Gasteiger partial charge < -0.3 is 14.5 Å².